The lowest BCUT2D eigenvalue weighted by Gasteiger charge is -2.17. The van der Waals surface area contributed by atoms with Crippen LogP contribution in [0.4, 0.5) is 0 Å². The van der Waals surface area contributed by atoms with E-state index in [1.54, 1.807) is 17.1 Å². The minimum Gasteiger partial charge on any atom is -0.461 e. The van der Waals surface area contributed by atoms with Gasteiger partial charge < -0.3 is 14.0 Å². The number of carbonyl (C=O) groups is 2. The molecule has 1 aromatic heterocycles. The van der Waals surface area contributed by atoms with Crippen LogP contribution < -0.4 is 0 Å². The second-order valence-electron chi connectivity index (χ2n) is 7.53. The smallest absolute Gasteiger partial charge is 0.330 e. The normalized spacial score (nSPS) is 11.5. The zero-order chi connectivity index (χ0) is 22.9. The molecular weight excluding hydrogens is 416 g/mol. The van der Waals surface area contributed by atoms with Crippen molar-refractivity contribution in [1.82, 2.24) is 9.55 Å². The number of benzene rings is 3. The van der Waals surface area contributed by atoms with Gasteiger partial charge in [0.2, 0.25) is 0 Å². The molecule has 0 aliphatic heterocycles. The van der Waals surface area contributed by atoms with Gasteiger partial charge >= 0.3 is 11.9 Å². The predicted molar refractivity (Wildman–Crippen MR) is 124 cm³/mol. The molecule has 166 valence electrons. The first kappa shape index (κ1) is 22.0. The predicted octanol–water partition coefficient (Wildman–Crippen LogP) is 4.97. The lowest BCUT2D eigenvalue weighted by Crippen LogP contribution is -2.24. The summed E-state index contributed by atoms with van der Waals surface area (Å²) < 4.78 is 12.5. The van der Waals surface area contributed by atoms with Crippen LogP contribution in [0.3, 0.4) is 0 Å². The molecule has 6 heteroatoms. The topological polar surface area (TPSA) is 70.4 Å². The van der Waals surface area contributed by atoms with Crippen LogP contribution in [0, 0.1) is 0 Å². The summed E-state index contributed by atoms with van der Waals surface area (Å²) >= 11 is 0. The van der Waals surface area contributed by atoms with Gasteiger partial charge in [-0.2, -0.15) is 0 Å². The van der Waals surface area contributed by atoms with Gasteiger partial charge in [0, 0.05) is 11.8 Å². The lowest BCUT2D eigenvalue weighted by atomic mass is 10.1. The summed E-state index contributed by atoms with van der Waals surface area (Å²) in [5, 5.41) is 0. The van der Waals surface area contributed by atoms with Crippen molar-refractivity contribution in [2.75, 3.05) is 0 Å². The van der Waals surface area contributed by atoms with Crippen molar-refractivity contribution in [2.45, 2.75) is 25.7 Å². The van der Waals surface area contributed by atoms with Gasteiger partial charge in [-0.15, -0.1) is 0 Å². The van der Waals surface area contributed by atoms with Crippen LogP contribution in [0.2, 0.25) is 0 Å². The van der Waals surface area contributed by atoms with Crippen molar-refractivity contribution in [2.24, 2.45) is 0 Å². The Balaban J connectivity index is 1.48. The molecule has 1 atom stereocenters. The van der Waals surface area contributed by atoms with E-state index in [4.69, 9.17) is 9.47 Å². The highest BCUT2D eigenvalue weighted by molar-refractivity contribution is 5.81. The molecule has 4 rings (SSSR count). The lowest BCUT2D eigenvalue weighted by molar-refractivity contribution is -0.155. The molecule has 0 radical (unpaired) electrons. The standard InChI is InChI=1S/C27H24N2O4/c30-26(32-18-21-10-4-1-5-11-21)16-25(27(31)33-19-22-12-6-2-7-13-22)29-17-24(28-20-29)23-14-8-3-9-15-23/h1-15,17,20,25H,16,18-19H2. The van der Waals surface area contributed by atoms with Gasteiger partial charge in [0.15, 0.2) is 0 Å². The quantitative estimate of drug-likeness (QED) is 0.344. The zero-order valence-electron chi connectivity index (χ0n) is 18.0. The van der Waals surface area contributed by atoms with E-state index in [9.17, 15) is 9.59 Å². The molecule has 0 spiro atoms. The molecule has 3 aromatic carbocycles. The van der Waals surface area contributed by atoms with Crippen LogP contribution in [0.1, 0.15) is 23.6 Å². The maximum absolute atomic E-state index is 13.0. The number of nitrogens with zero attached hydrogens (tertiary/aromatic N) is 2. The Morgan fingerprint density at radius 3 is 1.91 bits per heavy atom. The zero-order valence-corrected chi connectivity index (χ0v) is 18.0. The fraction of sp³-hybridized carbons (Fsp3) is 0.148. The molecule has 6 nitrogen and oxygen atoms in total. The van der Waals surface area contributed by atoms with Crippen LogP contribution in [0.15, 0.2) is 104 Å². The second-order valence-corrected chi connectivity index (χ2v) is 7.53. The van der Waals surface area contributed by atoms with Crippen LogP contribution in [-0.4, -0.2) is 21.5 Å². The van der Waals surface area contributed by atoms with E-state index in [1.807, 2.05) is 91.0 Å². The van der Waals surface area contributed by atoms with E-state index in [0.29, 0.717) is 5.69 Å². The van der Waals surface area contributed by atoms with Gasteiger partial charge in [0.1, 0.15) is 19.3 Å². The third-order valence-corrected chi connectivity index (χ3v) is 5.13. The van der Waals surface area contributed by atoms with E-state index in [0.717, 1.165) is 16.7 Å². The number of esters is 2. The Kier molecular flexibility index (Phi) is 7.28. The van der Waals surface area contributed by atoms with Gasteiger partial charge in [-0.05, 0) is 11.1 Å². The van der Waals surface area contributed by atoms with Crippen molar-refractivity contribution >= 4 is 11.9 Å². The van der Waals surface area contributed by atoms with Crippen molar-refractivity contribution in [3.05, 3.63) is 115 Å². The van der Waals surface area contributed by atoms with E-state index >= 15 is 0 Å². The van der Waals surface area contributed by atoms with Crippen molar-refractivity contribution in [3.63, 3.8) is 0 Å². The summed E-state index contributed by atoms with van der Waals surface area (Å²) in [7, 11) is 0. The summed E-state index contributed by atoms with van der Waals surface area (Å²) in [5.41, 5.74) is 3.36. The Labute approximate surface area is 192 Å². The highest BCUT2D eigenvalue weighted by Gasteiger charge is 2.27. The average Bonchev–Trinajstić information content (AvgIpc) is 3.36. The molecule has 0 aliphatic carbocycles. The average molecular weight is 440 g/mol. The maximum Gasteiger partial charge on any atom is 0.330 e. The van der Waals surface area contributed by atoms with Crippen molar-refractivity contribution < 1.29 is 19.1 Å². The minimum absolute atomic E-state index is 0.121. The summed E-state index contributed by atoms with van der Waals surface area (Å²) in [4.78, 5) is 30.0. The van der Waals surface area contributed by atoms with Gasteiger partial charge in [-0.3, -0.25) is 4.79 Å². The maximum atomic E-state index is 13.0. The molecule has 0 N–H and O–H groups in total. The fourth-order valence-corrected chi connectivity index (χ4v) is 3.36. The van der Waals surface area contributed by atoms with Crippen LogP contribution >= 0.6 is 0 Å². The summed E-state index contributed by atoms with van der Waals surface area (Å²) in [6.07, 6.45) is 3.13. The molecule has 0 saturated heterocycles. The highest BCUT2D eigenvalue weighted by Crippen LogP contribution is 2.22. The molecule has 0 bridgehead atoms. The molecule has 4 aromatic rings. The van der Waals surface area contributed by atoms with Gasteiger partial charge in [-0.25, -0.2) is 9.78 Å². The molecule has 0 amide bonds. The first-order valence-electron chi connectivity index (χ1n) is 10.7. The van der Waals surface area contributed by atoms with E-state index in [1.165, 1.54) is 0 Å². The molecule has 0 saturated carbocycles. The Bertz CT molecular complexity index is 1170. The summed E-state index contributed by atoms with van der Waals surface area (Å²) in [6, 6.07) is 27.6. The van der Waals surface area contributed by atoms with Gasteiger partial charge in [0.25, 0.3) is 0 Å². The highest BCUT2D eigenvalue weighted by atomic mass is 16.5. The molecule has 1 heterocycles. The second kappa shape index (κ2) is 10.9. The van der Waals surface area contributed by atoms with Crippen LogP contribution in [0.5, 0.6) is 0 Å². The SMILES string of the molecule is O=C(CC(C(=O)OCc1ccccc1)n1cnc(-c2ccccc2)c1)OCc1ccccc1. The molecule has 33 heavy (non-hydrogen) atoms. The van der Waals surface area contributed by atoms with E-state index in [-0.39, 0.29) is 19.6 Å². The molecule has 0 aliphatic rings. The minimum atomic E-state index is -0.887. The number of imidazole rings is 1. The Morgan fingerprint density at radius 2 is 1.30 bits per heavy atom. The Morgan fingerprint density at radius 1 is 0.758 bits per heavy atom. The number of hydrogen-bond donors (Lipinski definition) is 0. The number of carbonyl (C=O) groups excluding carboxylic acids is 2. The number of hydrogen-bond acceptors (Lipinski definition) is 5. The largest absolute Gasteiger partial charge is 0.461 e. The van der Waals surface area contributed by atoms with E-state index in [2.05, 4.69) is 4.98 Å². The van der Waals surface area contributed by atoms with E-state index < -0.39 is 18.0 Å². The molecular formula is C27H24N2O4. The fourth-order valence-electron chi connectivity index (χ4n) is 3.36. The number of ether oxygens (including phenoxy) is 2. The Hall–Kier alpha value is -4.19. The van der Waals surface area contributed by atoms with Gasteiger partial charge in [-0.1, -0.05) is 91.0 Å². The van der Waals surface area contributed by atoms with Crippen molar-refractivity contribution in [1.29, 1.82) is 0 Å². The molecule has 1 unspecified atom stereocenters. The van der Waals surface area contributed by atoms with Crippen LogP contribution in [-0.2, 0) is 32.3 Å². The monoisotopic (exact) mass is 440 g/mol. The van der Waals surface area contributed by atoms with Crippen LogP contribution in [0.25, 0.3) is 11.3 Å². The third-order valence-electron chi connectivity index (χ3n) is 5.13. The summed E-state index contributed by atoms with van der Waals surface area (Å²) in [6.45, 7) is 0.264. The first-order chi connectivity index (χ1) is 16.2. The van der Waals surface area contributed by atoms with Gasteiger partial charge in [0.05, 0.1) is 18.4 Å². The van der Waals surface area contributed by atoms with Crippen molar-refractivity contribution in [3.8, 4) is 11.3 Å². The third kappa shape index (κ3) is 6.17. The number of rotatable bonds is 9. The number of aromatic nitrogens is 2. The molecule has 0 fully saturated rings. The first-order valence-corrected chi connectivity index (χ1v) is 10.7. The summed E-state index contributed by atoms with van der Waals surface area (Å²) in [5.74, 6) is -1.01.